The van der Waals surface area contributed by atoms with Crippen LogP contribution < -0.4 is 5.32 Å². The predicted octanol–water partition coefficient (Wildman–Crippen LogP) is 2.92. The second-order valence-corrected chi connectivity index (χ2v) is 7.32. The summed E-state index contributed by atoms with van der Waals surface area (Å²) >= 11 is 0. The predicted molar refractivity (Wildman–Crippen MR) is 91.4 cm³/mol. The van der Waals surface area contributed by atoms with E-state index in [2.05, 4.69) is 12.2 Å². The molecule has 2 rings (SSSR count). The molecular formula is C18H34N2O3. The van der Waals surface area contributed by atoms with E-state index in [-0.39, 0.29) is 24.1 Å². The highest BCUT2D eigenvalue weighted by molar-refractivity contribution is 5.74. The minimum atomic E-state index is 0.0142. The number of carbonyl (C=O) groups excluding carboxylic acids is 1. The van der Waals surface area contributed by atoms with Crippen LogP contribution in [0.1, 0.15) is 65.2 Å². The molecule has 0 aromatic rings. The molecule has 0 aliphatic heterocycles. The Labute approximate surface area is 140 Å². The van der Waals surface area contributed by atoms with Crippen LogP contribution in [-0.4, -0.2) is 54.5 Å². The first-order valence-corrected chi connectivity index (χ1v) is 9.31. The van der Waals surface area contributed by atoms with Crippen LogP contribution in [0.3, 0.4) is 0 Å². The Balaban J connectivity index is 1.95. The quantitative estimate of drug-likeness (QED) is 0.756. The molecule has 0 saturated heterocycles. The van der Waals surface area contributed by atoms with E-state index in [4.69, 9.17) is 9.84 Å². The molecule has 2 aliphatic rings. The molecule has 5 heteroatoms. The first kappa shape index (κ1) is 18.5. The Morgan fingerprint density at radius 2 is 2.09 bits per heavy atom. The number of rotatable bonds is 7. The zero-order valence-corrected chi connectivity index (χ0v) is 15.0. The molecule has 3 unspecified atom stereocenters. The Morgan fingerprint density at radius 1 is 1.39 bits per heavy atom. The van der Waals surface area contributed by atoms with Gasteiger partial charge in [0.2, 0.25) is 0 Å². The zero-order chi connectivity index (χ0) is 16.9. The van der Waals surface area contributed by atoms with Gasteiger partial charge in [0, 0.05) is 37.8 Å². The highest BCUT2D eigenvalue weighted by Gasteiger charge is 2.57. The largest absolute Gasteiger partial charge is 0.396 e. The number of nitrogens with zero attached hydrogens (tertiary/aromatic N) is 1. The number of amides is 2. The van der Waals surface area contributed by atoms with Crippen molar-refractivity contribution in [3.63, 3.8) is 0 Å². The van der Waals surface area contributed by atoms with Crippen LogP contribution in [0.4, 0.5) is 4.79 Å². The maximum atomic E-state index is 12.6. The van der Waals surface area contributed by atoms with E-state index in [1.165, 1.54) is 32.1 Å². The molecule has 134 valence electrons. The fourth-order valence-corrected chi connectivity index (χ4v) is 4.49. The molecule has 0 bridgehead atoms. The van der Waals surface area contributed by atoms with Gasteiger partial charge >= 0.3 is 6.03 Å². The van der Waals surface area contributed by atoms with Gasteiger partial charge in [0.25, 0.3) is 0 Å². The average Bonchev–Trinajstić information content (AvgIpc) is 2.56. The smallest absolute Gasteiger partial charge is 0.317 e. The molecule has 0 radical (unpaired) electrons. The molecule has 2 amide bonds. The number of ether oxygens (including phenoxy) is 1. The number of urea groups is 1. The van der Waals surface area contributed by atoms with Crippen LogP contribution >= 0.6 is 0 Å². The van der Waals surface area contributed by atoms with Gasteiger partial charge < -0.3 is 20.1 Å². The second-order valence-electron chi connectivity index (χ2n) is 7.32. The molecule has 5 nitrogen and oxygen atoms in total. The van der Waals surface area contributed by atoms with Crippen LogP contribution in [0.2, 0.25) is 0 Å². The number of hydrogen-bond acceptors (Lipinski definition) is 3. The highest BCUT2D eigenvalue weighted by atomic mass is 16.5. The SMILES string of the molecule is CCOC1CC(N(C)C(=O)NC(C)CCCO)C12CCCCC2. The molecule has 0 aromatic carbocycles. The fraction of sp³-hybridized carbons (Fsp3) is 0.944. The molecule has 0 aromatic heterocycles. The molecule has 23 heavy (non-hydrogen) atoms. The van der Waals surface area contributed by atoms with Crippen molar-refractivity contribution in [3.8, 4) is 0 Å². The van der Waals surface area contributed by atoms with Crippen LogP contribution in [-0.2, 0) is 4.74 Å². The molecule has 2 fully saturated rings. The van der Waals surface area contributed by atoms with Crippen molar-refractivity contribution in [1.82, 2.24) is 10.2 Å². The normalized spacial score (nSPS) is 27.3. The summed E-state index contributed by atoms with van der Waals surface area (Å²) in [6.45, 7) is 5.00. The Kier molecular flexibility index (Phi) is 6.72. The van der Waals surface area contributed by atoms with Crippen LogP contribution in [0.5, 0.6) is 0 Å². The summed E-state index contributed by atoms with van der Waals surface area (Å²) in [7, 11) is 1.93. The maximum absolute atomic E-state index is 12.6. The van der Waals surface area contributed by atoms with Crippen molar-refractivity contribution < 1.29 is 14.6 Å². The third kappa shape index (κ3) is 4.00. The van der Waals surface area contributed by atoms with E-state index < -0.39 is 0 Å². The summed E-state index contributed by atoms with van der Waals surface area (Å²) in [5.41, 5.74) is 0.175. The average molecular weight is 326 g/mol. The lowest BCUT2D eigenvalue weighted by molar-refractivity contribution is -0.170. The van der Waals surface area contributed by atoms with Gasteiger partial charge in [-0.25, -0.2) is 4.79 Å². The van der Waals surface area contributed by atoms with Crippen molar-refractivity contribution in [2.75, 3.05) is 20.3 Å². The van der Waals surface area contributed by atoms with Gasteiger partial charge in [-0.3, -0.25) is 0 Å². The first-order chi connectivity index (χ1) is 11.0. The highest BCUT2D eigenvalue weighted by Crippen LogP contribution is 2.55. The summed E-state index contributed by atoms with van der Waals surface area (Å²) in [5, 5.41) is 12.0. The topological polar surface area (TPSA) is 61.8 Å². The summed E-state index contributed by atoms with van der Waals surface area (Å²) in [6, 6.07) is 0.409. The Bertz CT molecular complexity index is 382. The third-order valence-electron chi connectivity index (χ3n) is 5.85. The van der Waals surface area contributed by atoms with E-state index in [1.807, 2.05) is 18.9 Å². The number of hydrogen-bond donors (Lipinski definition) is 2. The van der Waals surface area contributed by atoms with E-state index >= 15 is 0 Å². The number of carbonyl (C=O) groups is 1. The lowest BCUT2D eigenvalue weighted by Crippen LogP contribution is -2.66. The summed E-state index contributed by atoms with van der Waals surface area (Å²) < 4.78 is 5.98. The lowest BCUT2D eigenvalue weighted by atomic mass is 9.54. The summed E-state index contributed by atoms with van der Waals surface area (Å²) in [6.07, 6.45) is 8.99. The monoisotopic (exact) mass is 326 g/mol. The molecular weight excluding hydrogens is 292 g/mol. The number of nitrogens with one attached hydrogen (secondary N) is 1. The minimum Gasteiger partial charge on any atom is -0.396 e. The fourth-order valence-electron chi connectivity index (χ4n) is 4.49. The number of aliphatic hydroxyl groups excluding tert-OH is 1. The summed E-state index contributed by atoms with van der Waals surface area (Å²) in [4.78, 5) is 14.5. The van der Waals surface area contributed by atoms with E-state index in [9.17, 15) is 4.79 Å². The van der Waals surface area contributed by atoms with Gasteiger partial charge in [-0.1, -0.05) is 19.3 Å². The van der Waals surface area contributed by atoms with Crippen LogP contribution in [0.25, 0.3) is 0 Å². The van der Waals surface area contributed by atoms with Gasteiger partial charge in [0.15, 0.2) is 0 Å². The molecule has 2 saturated carbocycles. The first-order valence-electron chi connectivity index (χ1n) is 9.31. The van der Waals surface area contributed by atoms with Gasteiger partial charge in [-0.05, 0) is 46.0 Å². The van der Waals surface area contributed by atoms with E-state index in [0.717, 1.165) is 25.9 Å². The van der Waals surface area contributed by atoms with Gasteiger partial charge in [-0.2, -0.15) is 0 Å². The van der Waals surface area contributed by atoms with Gasteiger partial charge in [-0.15, -0.1) is 0 Å². The zero-order valence-electron chi connectivity index (χ0n) is 15.0. The molecule has 2 aliphatic carbocycles. The summed E-state index contributed by atoms with van der Waals surface area (Å²) in [5.74, 6) is 0. The standard InChI is InChI=1S/C18H34N2O3/c1-4-23-16-13-15(18(16)10-6-5-7-11-18)20(3)17(22)19-14(2)9-8-12-21/h14-16,21H,4-13H2,1-3H3,(H,19,22). The van der Waals surface area contributed by atoms with Crippen molar-refractivity contribution in [2.24, 2.45) is 5.41 Å². The van der Waals surface area contributed by atoms with Crippen LogP contribution in [0, 0.1) is 5.41 Å². The van der Waals surface area contributed by atoms with Crippen molar-refractivity contribution in [2.45, 2.75) is 83.4 Å². The molecule has 0 heterocycles. The van der Waals surface area contributed by atoms with Crippen molar-refractivity contribution in [3.05, 3.63) is 0 Å². The van der Waals surface area contributed by atoms with Crippen molar-refractivity contribution in [1.29, 1.82) is 0 Å². The minimum absolute atomic E-state index is 0.0142. The number of aliphatic hydroxyl groups is 1. The second kappa shape index (κ2) is 8.34. The Morgan fingerprint density at radius 3 is 2.70 bits per heavy atom. The van der Waals surface area contributed by atoms with Crippen LogP contribution in [0.15, 0.2) is 0 Å². The molecule has 3 atom stereocenters. The van der Waals surface area contributed by atoms with E-state index in [0.29, 0.717) is 12.1 Å². The lowest BCUT2D eigenvalue weighted by Gasteiger charge is -2.60. The van der Waals surface area contributed by atoms with E-state index in [1.54, 1.807) is 0 Å². The maximum Gasteiger partial charge on any atom is 0.317 e. The third-order valence-corrected chi connectivity index (χ3v) is 5.85. The van der Waals surface area contributed by atoms with Crippen molar-refractivity contribution >= 4 is 6.03 Å². The van der Waals surface area contributed by atoms with Gasteiger partial charge in [0.1, 0.15) is 0 Å². The van der Waals surface area contributed by atoms with Gasteiger partial charge in [0.05, 0.1) is 6.10 Å². The Hall–Kier alpha value is -0.810. The molecule has 1 spiro atoms. The molecule has 2 N–H and O–H groups in total.